The van der Waals surface area contributed by atoms with Crippen LogP contribution in [0.25, 0.3) is 0 Å². The van der Waals surface area contributed by atoms with Crippen molar-refractivity contribution in [2.24, 2.45) is 5.92 Å². The predicted octanol–water partition coefficient (Wildman–Crippen LogP) is 2.53. The van der Waals surface area contributed by atoms with E-state index in [2.05, 4.69) is 24.3 Å². The number of aryl methyl sites for hydroxylation is 1. The van der Waals surface area contributed by atoms with Gasteiger partial charge in [0.2, 0.25) is 0 Å². The quantitative estimate of drug-likeness (QED) is 0.813. The summed E-state index contributed by atoms with van der Waals surface area (Å²) in [6.45, 7) is 8.09. The van der Waals surface area contributed by atoms with Crippen molar-refractivity contribution in [3.63, 3.8) is 0 Å². The highest BCUT2D eigenvalue weighted by atomic mass is 32.1. The second-order valence-electron chi connectivity index (χ2n) is 8.06. The number of morpholine rings is 1. The first kappa shape index (κ1) is 20.1. The molecule has 0 bridgehead atoms. The van der Waals surface area contributed by atoms with Crippen molar-refractivity contribution >= 4 is 23.2 Å². The molecule has 4 heterocycles. The molecule has 0 spiro atoms. The number of rotatable bonds is 5. The Kier molecular flexibility index (Phi) is 6.01. The van der Waals surface area contributed by atoms with Crippen LogP contribution >= 0.6 is 11.3 Å². The number of thiophene rings is 1. The Labute approximate surface area is 175 Å². The fourth-order valence-corrected chi connectivity index (χ4v) is 4.82. The van der Waals surface area contributed by atoms with E-state index in [9.17, 15) is 9.59 Å². The van der Waals surface area contributed by atoms with Gasteiger partial charge in [0, 0.05) is 31.1 Å². The molecule has 0 radical (unpaired) electrons. The maximum atomic E-state index is 12.9. The predicted molar refractivity (Wildman–Crippen MR) is 112 cm³/mol. The van der Waals surface area contributed by atoms with E-state index in [0.717, 1.165) is 30.0 Å². The molecular formula is C21H28N4O3S. The lowest BCUT2D eigenvalue weighted by Crippen LogP contribution is -2.41. The molecule has 156 valence electrons. The Balaban J connectivity index is 1.37. The third-order valence-corrected chi connectivity index (χ3v) is 7.06. The van der Waals surface area contributed by atoms with Gasteiger partial charge in [0.15, 0.2) is 0 Å². The minimum atomic E-state index is -0.00871. The third-order valence-electron chi connectivity index (χ3n) is 5.68. The van der Waals surface area contributed by atoms with Gasteiger partial charge in [0.1, 0.15) is 0 Å². The molecule has 0 unspecified atom stereocenters. The number of aromatic nitrogens is 2. The number of hydrogen-bond donors (Lipinski definition) is 1. The van der Waals surface area contributed by atoms with E-state index in [-0.39, 0.29) is 11.8 Å². The zero-order chi connectivity index (χ0) is 20.4. The van der Waals surface area contributed by atoms with Crippen molar-refractivity contribution in [2.75, 3.05) is 32.8 Å². The minimum Gasteiger partial charge on any atom is -0.378 e. The van der Waals surface area contributed by atoms with Crippen LogP contribution in [-0.2, 0) is 17.7 Å². The van der Waals surface area contributed by atoms with Crippen LogP contribution in [0.1, 0.15) is 56.8 Å². The van der Waals surface area contributed by atoms with Gasteiger partial charge >= 0.3 is 0 Å². The van der Waals surface area contributed by atoms with Crippen LogP contribution in [-0.4, -0.2) is 59.3 Å². The normalized spacial score (nSPS) is 19.3. The Hall–Kier alpha value is -2.19. The molecule has 0 aromatic carbocycles. The van der Waals surface area contributed by atoms with E-state index in [1.54, 1.807) is 17.5 Å². The van der Waals surface area contributed by atoms with Crippen LogP contribution in [0.2, 0.25) is 0 Å². The van der Waals surface area contributed by atoms with Gasteiger partial charge in [-0.3, -0.25) is 14.3 Å². The van der Waals surface area contributed by atoms with Crippen LogP contribution in [0.5, 0.6) is 0 Å². The van der Waals surface area contributed by atoms with Gasteiger partial charge in [-0.15, -0.1) is 11.3 Å². The summed E-state index contributed by atoms with van der Waals surface area (Å²) in [7, 11) is 0. The van der Waals surface area contributed by atoms with Gasteiger partial charge < -0.3 is 15.0 Å². The van der Waals surface area contributed by atoms with Gasteiger partial charge in [-0.05, 0) is 36.8 Å². The van der Waals surface area contributed by atoms with Crippen LogP contribution < -0.4 is 5.32 Å². The summed E-state index contributed by atoms with van der Waals surface area (Å²) < 4.78 is 7.29. The number of nitrogens with zero attached hydrogens (tertiary/aromatic N) is 3. The summed E-state index contributed by atoms with van der Waals surface area (Å²) in [5, 5.41) is 7.51. The summed E-state index contributed by atoms with van der Waals surface area (Å²) in [5.74, 6) is 0.774. The van der Waals surface area contributed by atoms with E-state index in [0.29, 0.717) is 50.2 Å². The van der Waals surface area contributed by atoms with Gasteiger partial charge in [-0.25, -0.2) is 0 Å². The largest absolute Gasteiger partial charge is 0.378 e. The lowest BCUT2D eigenvalue weighted by Gasteiger charge is -2.28. The van der Waals surface area contributed by atoms with Crippen LogP contribution in [0.4, 0.5) is 0 Å². The summed E-state index contributed by atoms with van der Waals surface area (Å²) in [6, 6.07) is 3.94. The van der Waals surface area contributed by atoms with Crippen LogP contribution in [0, 0.1) is 5.92 Å². The fourth-order valence-electron chi connectivity index (χ4n) is 3.90. The van der Waals surface area contributed by atoms with E-state index in [1.165, 1.54) is 4.88 Å². The fraction of sp³-hybridized carbons (Fsp3) is 0.571. The number of amides is 2. The van der Waals surface area contributed by atoms with Gasteiger partial charge in [-0.2, -0.15) is 5.10 Å². The SMILES string of the molecule is CC(C)c1ccc(C(=O)NC[C@H]2CCn3ncc(C(=O)N4CCOCC4)c3C2)s1. The lowest BCUT2D eigenvalue weighted by molar-refractivity contribution is 0.0301. The lowest BCUT2D eigenvalue weighted by atomic mass is 9.94. The third kappa shape index (κ3) is 4.38. The van der Waals surface area contributed by atoms with Crippen molar-refractivity contribution in [2.45, 2.75) is 39.2 Å². The van der Waals surface area contributed by atoms with Gasteiger partial charge in [0.05, 0.1) is 35.5 Å². The van der Waals surface area contributed by atoms with Gasteiger partial charge in [0.25, 0.3) is 11.8 Å². The smallest absolute Gasteiger partial charge is 0.261 e. The van der Waals surface area contributed by atoms with Gasteiger partial charge in [-0.1, -0.05) is 13.8 Å². The van der Waals surface area contributed by atoms with E-state index < -0.39 is 0 Å². The molecule has 1 fully saturated rings. The summed E-state index contributed by atoms with van der Waals surface area (Å²) >= 11 is 1.56. The van der Waals surface area contributed by atoms with Crippen molar-refractivity contribution in [1.29, 1.82) is 0 Å². The first-order valence-electron chi connectivity index (χ1n) is 10.3. The zero-order valence-electron chi connectivity index (χ0n) is 17.0. The Morgan fingerprint density at radius 3 is 2.79 bits per heavy atom. The molecule has 2 aromatic heterocycles. The Bertz CT molecular complexity index is 882. The van der Waals surface area contributed by atoms with Crippen molar-refractivity contribution in [3.8, 4) is 0 Å². The van der Waals surface area contributed by atoms with Crippen molar-refractivity contribution < 1.29 is 14.3 Å². The molecular weight excluding hydrogens is 388 g/mol. The molecule has 2 aliphatic rings. The van der Waals surface area contributed by atoms with Crippen LogP contribution in [0.3, 0.4) is 0 Å². The molecule has 1 N–H and O–H groups in total. The summed E-state index contributed by atoms with van der Waals surface area (Å²) in [6.07, 6.45) is 3.41. The number of carbonyl (C=O) groups excluding carboxylic acids is 2. The molecule has 1 saturated heterocycles. The molecule has 4 rings (SSSR count). The molecule has 2 aliphatic heterocycles. The molecule has 7 nitrogen and oxygen atoms in total. The van der Waals surface area contributed by atoms with Crippen LogP contribution in [0.15, 0.2) is 18.3 Å². The highest BCUT2D eigenvalue weighted by Crippen LogP contribution is 2.26. The second-order valence-corrected chi connectivity index (χ2v) is 9.17. The number of hydrogen-bond acceptors (Lipinski definition) is 5. The molecule has 29 heavy (non-hydrogen) atoms. The maximum Gasteiger partial charge on any atom is 0.261 e. The number of carbonyl (C=O) groups is 2. The highest BCUT2D eigenvalue weighted by molar-refractivity contribution is 7.14. The molecule has 8 heteroatoms. The topological polar surface area (TPSA) is 76.5 Å². The molecule has 1 atom stereocenters. The monoisotopic (exact) mass is 416 g/mol. The van der Waals surface area contributed by atoms with Crippen molar-refractivity contribution in [1.82, 2.24) is 20.0 Å². The summed E-state index contributed by atoms with van der Waals surface area (Å²) in [5.41, 5.74) is 1.69. The molecule has 0 aliphatic carbocycles. The average Bonchev–Trinajstić information content (AvgIpc) is 3.39. The summed E-state index contributed by atoms with van der Waals surface area (Å²) in [4.78, 5) is 29.2. The first-order chi connectivity index (χ1) is 14.0. The standard InChI is InChI=1S/C21H28N4O3S/c1-14(2)18-3-4-19(29-18)20(26)22-12-15-5-6-25-17(11-15)16(13-23-25)21(27)24-7-9-28-10-8-24/h3-4,13-15H,5-12H2,1-2H3,(H,22,26)/t15-/m0/s1. The van der Waals surface area contributed by atoms with E-state index >= 15 is 0 Å². The second kappa shape index (κ2) is 8.67. The Morgan fingerprint density at radius 2 is 2.07 bits per heavy atom. The minimum absolute atomic E-state index is 0.00871. The highest BCUT2D eigenvalue weighted by Gasteiger charge is 2.28. The molecule has 2 aromatic rings. The molecule has 0 saturated carbocycles. The number of fused-ring (bicyclic) bond motifs is 1. The van der Waals surface area contributed by atoms with Crippen molar-refractivity contribution in [3.05, 3.63) is 39.3 Å². The number of ether oxygens (including phenoxy) is 1. The Morgan fingerprint density at radius 1 is 1.28 bits per heavy atom. The first-order valence-corrected chi connectivity index (χ1v) is 11.1. The molecule has 2 amide bonds. The van der Waals surface area contributed by atoms with E-state index in [1.807, 2.05) is 21.7 Å². The van der Waals surface area contributed by atoms with E-state index in [4.69, 9.17) is 4.74 Å². The average molecular weight is 417 g/mol. The number of nitrogens with one attached hydrogen (secondary N) is 1. The maximum absolute atomic E-state index is 12.9. The zero-order valence-corrected chi connectivity index (χ0v) is 17.8.